The first-order valence-corrected chi connectivity index (χ1v) is 10.5. The highest BCUT2D eigenvalue weighted by Crippen LogP contribution is 2.36. The Hall–Kier alpha value is -3.08. The van der Waals surface area contributed by atoms with Gasteiger partial charge < -0.3 is 15.8 Å². The summed E-state index contributed by atoms with van der Waals surface area (Å²) in [6.45, 7) is 3.10. The molecule has 0 radical (unpaired) electrons. The quantitative estimate of drug-likeness (QED) is 0.564. The van der Waals surface area contributed by atoms with Gasteiger partial charge in [0.25, 0.3) is 0 Å². The van der Waals surface area contributed by atoms with E-state index in [0.29, 0.717) is 5.13 Å². The standard InChI is InChI=1S/C21H21F2N5O2S/c1-30-18-15(22)11-13(12-16(18)23)17(29)19-20(24)26-21(31-19)28(14-5-3-2-4-6-14)27-9-7-25-8-10-27/h2-6,11-12,25H,7-10,24H2,1H3. The first kappa shape index (κ1) is 21.2. The molecule has 31 heavy (non-hydrogen) atoms. The number of hydrazine groups is 1. The Balaban J connectivity index is 1.72. The van der Waals surface area contributed by atoms with Gasteiger partial charge in [0, 0.05) is 31.7 Å². The molecule has 1 aromatic heterocycles. The van der Waals surface area contributed by atoms with Crippen molar-refractivity contribution in [3.05, 3.63) is 64.5 Å². The summed E-state index contributed by atoms with van der Waals surface area (Å²) in [6.07, 6.45) is 0. The van der Waals surface area contributed by atoms with Crippen molar-refractivity contribution in [1.82, 2.24) is 15.3 Å². The minimum absolute atomic E-state index is 0.0118. The lowest BCUT2D eigenvalue weighted by atomic mass is 10.1. The van der Waals surface area contributed by atoms with Crippen molar-refractivity contribution in [2.24, 2.45) is 0 Å². The molecule has 0 spiro atoms. The number of thiazole rings is 1. The highest BCUT2D eigenvalue weighted by Gasteiger charge is 2.27. The number of hydrogen-bond acceptors (Lipinski definition) is 8. The number of carbonyl (C=O) groups excluding carboxylic acids is 1. The molecule has 1 saturated heterocycles. The van der Waals surface area contributed by atoms with Crippen LogP contribution in [0.15, 0.2) is 42.5 Å². The van der Waals surface area contributed by atoms with Crippen LogP contribution < -0.4 is 20.8 Å². The summed E-state index contributed by atoms with van der Waals surface area (Å²) in [7, 11) is 1.16. The van der Waals surface area contributed by atoms with Crippen molar-refractivity contribution < 1.29 is 18.3 Å². The van der Waals surface area contributed by atoms with Gasteiger partial charge in [0.05, 0.1) is 12.8 Å². The number of nitrogens with one attached hydrogen (secondary N) is 1. The van der Waals surface area contributed by atoms with E-state index >= 15 is 0 Å². The van der Waals surface area contributed by atoms with E-state index < -0.39 is 23.2 Å². The highest BCUT2D eigenvalue weighted by atomic mass is 32.1. The van der Waals surface area contributed by atoms with Gasteiger partial charge in [-0.15, -0.1) is 0 Å². The number of piperazine rings is 1. The summed E-state index contributed by atoms with van der Waals surface area (Å²) in [4.78, 5) is 17.5. The second-order valence-corrected chi connectivity index (χ2v) is 7.84. The van der Waals surface area contributed by atoms with Crippen LogP contribution in [0.3, 0.4) is 0 Å². The maximum atomic E-state index is 14.1. The molecule has 1 aliphatic heterocycles. The van der Waals surface area contributed by atoms with Crippen molar-refractivity contribution in [3.63, 3.8) is 0 Å². The van der Waals surface area contributed by atoms with Crippen LogP contribution in [0.4, 0.5) is 25.4 Å². The Morgan fingerprint density at radius 3 is 2.45 bits per heavy atom. The number of nitrogens with two attached hydrogens (primary N) is 1. The van der Waals surface area contributed by atoms with Crippen LogP contribution in [-0.2, 0) is 0 Å². The van der Waals surface area contributed by atoms with Crippen molar-refractivity contribution in [1.29, 1.82) is 0 Å². The van der Waals surface area contributed by atoms with Crippen LogP contribution in [0.2, 0.25) is 0 Å². The highest BCUT2D eigenvalue weighted by molar-refractivity contribution is 7.18. The predicted octanol–water partition coefficient (Wildman–Crippen LogP) is 3.20. The molecular formula is C21H21F2N5O2S. The molecular weight excluding hydrogens is 424 g/mol. The second kappa shape index (κ2) is 8.96. The number of benzene rings is 2. The third-order valence-corrected chi connectivity index (χ3v) is 5.92. The van der Waals surface area contributed by atoms with Crippen LogP contribution in [-0.4, -0.2) is 49.1 Å². The summed E-state index contributed by atoms with van der Waals surface area (Å²) in [6, 6.07) is 11.5. The fraction of sp³-hybridized carbons (Fsp3) is 0.238. The lowest BCUT2D eigenvalue weighted by molar-refractivity contribution is 0.104. The Kier molecular flexibility index (Phi) is 6.12. The molecule has 162 valence electrons. The summed E-state index contributed by atoms with van der Waals surface area (Å²) in [5.41, 5.74) is 6.78. The van der Waals surface area contributed by atoms with E-state index in [1.54, 1.807) is 0 Å². The molecule has 0 aliphatic carbocycles. The fourth-order valence-corrected chi connectivity index (χ4v) is 4.40. The Labute approximate surface area is 182 Å². The van der Waals surface area contributed by atoms with Gasteiger partial charge in [-0.05, 0) is 24.3 Å². The molecule has 7 nitrogen and oxygen atoms in total. The van der Waals surface area contributed by atoms with E-state index in [9.17, 15) is 13.6 Å². The van der Waals surface area contributed by atoms with Gasteiger partial charge in [-0.25, -0.2) is 23.8 Å². The molecule has 4 rings (SSSR count). The second-order valence-electron chi connectivity index (χ2n) is 6.86. The first-order valence-electron chi connectivity index (χ1n) is 9.64. The average molecular weight is 445 g/mol. The molecule has 0 saturated carbocycles. The maximum Gasteiger partial charge on any atom is 0.207 e. The summed E-state index contributed by atoms with van der Waals surface area (Å²) in [5, 5.41) is 7.85. The zero-order chi connectivity index (χ0) is 22.0. The van der Waals surface area contributed by atoms with Gasteiger partial charge in [-0.1, -0.05) is 29.5 Å². The van der Waals surface area contributed by atoms with E-state index in [1.807, 2.05) is 35.3 Å². The Morgan fingerprint density at radius 2 is 1.84 bits per heavy atom. The molecule has 2 heterocycles. The largest absolute Gasteiger partial charge is 0.491 e. The third-order valence-electron chi connectivity index (χ3n) is 4.87. The van der Waals surface area contributed by atoms with Gasteiger partial charge >= 0.3 is 0 Å². The molecule has 3 N–H and O–H groups in total. The van der Waals surface area contributed by atoms with E-state index in [2.05, 4.69) is 20.0 Å². The maximum absolute atomic E-state index is 14.1. The van der Waals surface area contributed by atoms with Gasteiger partial charge in [0.2, 0.25) is 10.9 Å². The molecule has 10 heteroatoms. The first-order chi connectivity index (χ1) is 15.0. The van der Waals surface area contributed by atoms with Gasteiger partial charge in [-0.2, -0.15) is 0 Å². The lowest BCUT2D eigenvalue weighted by Gasteiger charge is -2.37. The number of para-hydroxylation sites is 1. The number of carbonyl (C=O) groups is 1. The number of aromatic nitrogens is 1. The minimum atomic E-state index is -0.958. The van der Waals surface area contributed by atoms with E-state index in [4.69, 9.17) is 5.73 Å². The van der Waals surface area contributed by atoms with E-state index in [1.165, 1.54) is 0 Å². The summed E-state index contributed by atoms with van der Waals surface area (Å²) in [5.74, 6) is -3.04. The van der Waals surface area contributed by atoms with Crippen molar-refractivity contribution in [2.75, 3.05) is 44.0 Å². The topological polar surface area (TPSA) is 83.7 Å². The number of ketones is 1. The summed E-state index contributed by atoms with van der Waals surface area (Å²) >= 11 is 1.08. The molecule has 1 fully saturated rings. The zero-order valence-electron chi connectivity index (χ0n) is 16.8. The van der Waals surface area contributed by atoms with Gasteiger partial charge in [0.15, 0.2) is 17.4 Å². The molecule has 3 aromatic rings. The fourth-order valence-electron chi connectivity index (χ4n) is 3.41. The molecule has 0 unspecified atom stereocenters. The molecule has 0 bridgehead atoms. The van der Waals surface area contributed by atoms with Gasteiger partial charge in [0.1, 0.15) is 10.7 Å². The van der Waals surface area contributed by atoms with Crippen LogP contribution in [0.5, 0.6) is 5.75 Å². The molecule has 0 atom stereocenters. The third kappa shape index (κ3) is 4.22. The van der Waals surface area contributed by atoms with Crippen LogP contribution in [0.25, 0.3) is 0 Å². The van der Waals surface area contributed by atoms with Crippen LogP contribution in [0.1, 0.15) is 15.2 Å². The Bertz CT molecular complexity index is 1060. The molecule has 2 aromatic carbocycles. The minimum Gasteiger partial charge on any atom is -0.491 e. The SMILES string of the molecule is COc1c(F)cc(C(=O)c2sc(N(c3ccccc3)N3CCNCC3)nc2N)cc1F. The van der Waals surface area contributed by atoms with E-state index in [-0.39, 0.29) is 16.3 Å². The van der Waals surface area contributed by atoms with Crippen molar-refractivity contribution in [2.45, 2.75) is 0 Å². The number of rotatable bonds is 6. The number of methoxy groups -OCH3 is 1. The number of hydrogen-bond donors (Lipinski definition) is 2. The van der Waals surface area contributed by atoms with Crippen molar-refractivity contribution in [3.8, 4) is 5.75 Å². The normalized spacial score (nSPS) is 14.4. The molecule has 0 amide bonds. The number of nitrogen functional groups attached to an aromatic ring is 1. The van der Waals surface area contributed by atoms with E-state index in [0.717, 1.165) is 62.4 Å². The zero-order valence-corrected chi connectivity index (χ0v) is 17.6. The predicted molar refractivity (Wildman–Crippen MR) is 116 cm³/mol. The Morgan fingerprint density at radius 1 is 1.19 bits per heavy atom. The number of anilines is 3. The number of ether oxygens (including phenoxy) is 1. The molecule has 1 aliphatic rings. The van der Waals surface area contributed by atoms with Crippen LogP contribution in [0, 0.1) is 11.6 Å². The van der Waals surface area contributed by atoms with Crippen molar-refractivity contribution >= 4 is 33.8 Å². The lowest BCUT2D eigenvalue weighted by Crippen LogP contribution is -2.50. The van der Waals surface area contributed by atoms with Crippen LogP contribution >= 0.6 is 11.3 Å². The summed E-state index contributed by atoms with van der Waals surface area (Å²) < 4.78 is 32.9. The van der Waals surface area contributed by atoms with Gasteiger partial charge in [-0.3, -0.25) is 4.79 Å². The smallest absolute Gasteiger partial charge is 0.207 e. The number of nitrogens with zero attached hydrogens (tertiary/aromatic N) is 3. The average Bonchev–Trinajstić information content (AvgIpc) is 3.15. The monoisotopic (exact) mass is 445 g/mol. The number of halogens is 2.